The number of nitrogen functional groups attached to an aromatic ring is 1. The number of nitrogens with zero attached hydrogens (tertiary/aromatic N) is 3. The van der Waals surface area contributed by atoms with Crippen LogP contribution in [0.4, 0.5) is 5.82 Å². The Labute approximate surface area is 135 Å². The van der Waals surface area contributed by atoms with Gasteiger partial charge in [-0.3, -0.25) is 14.7 Å². The van der Waals surface area contributed by atoms with Gasteiger partial charge < -0.3 is 5.73 Å². The van der Waals surface area contributed by atoms with Crippen LogP contribution < -0.4 is 11.3 Å². The van der Waals surface area contributed by atoms with Gasteiger partial charge in [-0.1, -0.05) is 23.7 Å². The predicted octanol–water partition coefficient (Wildman–Crippen LogP) is 1.73. The number of carbonyl (C=O) groups excluding carboxylic acids is 1. The minimum absolute atomic E-state index is 0.0382. The summed E-state index contributed by atoms with van der Waals surface area (Å²) in [6.45, 7) is 0. The summed E-state index contributed by atoms with van der Waals surface area (Å²) in [5, 5.41) is 20.4. The molecule has 3 N–H and O–H groups in total. The molecule has 8 heteroatoms. The first kappa shape index (κ1) is 16.1. The molecule has 114 valence electrons. The maximum absolute atomic E-state index is 12.2. The zero-order valence-electron chi connectivity index (χ0n) is 11.7. The number of aromatic nitrogens is 2. The Morgan fingerprint density at radius 1 is 1.30 bits per heavy atom. The van der Waals surface area contributed by atoms with Gasteiger partial charge in [0.2, 0.25) is 0 Å². The van der Waals surface area contributed by atoms with Gasteiger partial charge in [0.05, 0.1) is 12.0 Å². The summed E-state index contributed by atoms with van der Waals surface area (Å²) in [5.74, 6) is -0.624. The summed E-state index contributed by atoms with van der Waals surface area (Å²) in [4.78, 5) is 24.4. The first-order valence-corrected chi connectivity index (χ1v) is 6.74. The first-order chi connectivity index (χ1) is 11.0. The Kier molecular flexibility index (Phi) is 4.65. The standard InChI is InChI=1S/C15H10ClN5O2/c16-11-3-1-9(2-4-11)6-13(22)21-15(23)12(14(19)20-21)5-10(7-17)8-18/h1-5,20H,6,19H2. The van der Waals surface area contributed by atoms with E-state index < -0.39 is 11.5 Å². The fraction of sp³-hybridized carbons (Fsp3) is 0.0667. The Hall–Kier alpha value is -3.29. The number of nitrogens with two attached hydrogens (primary N) is 1. The topological polar surface area (TPSA) is 128 Å². The molecule has 1 aromatic heterocycles. The predicted molar refractivity (Wildman–Crippen MR) is 84.5 cm³/mol. The Morgan fingerprint density at radius 3 is 2.48 bits per heavy atom. The molecule has 0 atom stereocenters. The molecule has 23 heavy (non-hydrogen) atoms. The number of benzene rings is 1. The van der Waals surface area contributed by atoms with Crippen LogP contribution in [-0.4, -0.2) is 15.7 Å². The van der Waals surface area contributed by atoms with E-state index in [0.717, 1.165) is 10.8 Å². The lowest BCUT2D eigenvalue weighted by Crippen LogP contribution is -2.26. The average molecular weight is 328 g/mol. The molecule has 0 radical (unpaired) electrons. The van der Waals surface area contributed by atoms with Crippen LogP contribution in [0.2, 0.25) is 5.02 Å². The Morgan fingerprint density at radius 2 is 1.91 bits per heavy atom. The fourth-order valence-electron chi connectivity index (χ4n) is 1.87. The number of anilines is 1. The summed E-state index contributed by atoms with van der Waals surface area (Å²) in [7, 11) is 0. The zero-order valence-corrected chi connectivity index (χ0v) is 12.5. The number of hydrogen-bond acceptors (Lipinski definition) is 5. The highest BCUT2D eigenvalue weighted by Crippen LogP contribution is 2.12. The quantitative estimate of drug-likeness (QED) is 0.829. The minimum atomic E-state index is -0.718. The summed E-state index contributed by atoms with van der Waals surface area (Å²) in [6, 6.07) is 9.85. The Bertz CT molecular complexity index is 907. The molecule has 0 spiro atoms. The van der Waals surface area contributed by atoms with E-state index in [1.54, 1.807) is 36.4 Å². The van der Waals surface area contributed by atoms with E-state index in [1.807, 2.05) is 0 Å². The van der Waals surface area contributed by atoms with Crippen molar-refractivity contribution in [1.29, 1.82) is 10.5 Å². The second-order valence-corrected chi connectivity index (χ2v) is 4.99. The van der Waals surface area contributed by atoms with Gasteiger partial charge in [0.1, 0.15) is 23.5 Å². The van der Waals surface area contributed by atoms with Gasteiger partial charge in [0, 0.05) is 5.02 Å². The van der Waals surface area contributed by atoms with Gasteiger partial charge in [-0.15, -0.1) is 0 Å². The summed E-state index contributed by atoms with van der Waals surface area (Å²) < 4.78 is 0.752. The number of hydrogen-bond donors (Lipinski definition) is 2. The highest BCUT2D eigenvalue weighted by atomic mass is 35.5. The van der Waals surface area contributed by atoms with E-state index in [4.69, 9.17) is 27.9 Å². The van der Waals surface area contributed by atoms with E-state index in [1.165, 1.54) is 0 Å². The van der Waals surface area contributed by atoms with Gasteiger partial charge in [0.15, 0.2) is 0 Å². The summed E-state index contributed by atoms with van der Waals surface area (Å²) in [6.07, 6.45) is 1.00. The van der Waals surface area contributed by atoms with E-state index in [-0.39, 0.29) is 23.4 Å². The zero-order chi connectivity index (χ0) is 17.0. The molecule has 0 aliphatic carbocycles. The van der Waals surface area contributed by atoms with Crippen molar-refractivity contribution in [2.75, 3.05) is 5.73 Å². The molecule has 0 bridgehead atoms. The van der Waals surface area contributed by atoms with Gasteiger partial charge in [-0.2, -0.15) is 15.2 Å². The minimum Gasteiger partial charge on any atom is -0.383 e. The molecule has 7 nitrogen and oxygen atoms in total. The van der Waals surface area contributed by atoms with Crippen molar-refractivity contribution in [3.05, 3.63) is 56.3 Å². The van der Waals surface area contributed by atoms with Crippen LogP contribution >= 0.6 is 11.6 Å². The van der Waals surface area contributed by atoms with Crippen molar-refractivity contribution in [3.8, 4) is 12.1 Å². The number of nitriles is 2. The lowest BCUT2D eigenvalue weighted by molar-refractivity contribution is 0.0895. The van der Waals surface area contributed by atoms with Crippen molar-refractivity contribution >= 4 is 29.4 Å². The normalized spacial score (nSPS) is 9.70. The average Bonchev–Trinajstić information content (AvgIpc) is 2.82. The molecular weight excluding hydrogens is 318 g/mol. The molecule has 2 aromatic rings. The molecule has 2 rings (SSSR count). The molecule has 0 fully saturated rings. The van der Waals surface area contributed by atoms with Crippen LogP contribution in [0.5, 0.6) is 0 Å². The third kappa shape index (κ3) is 3.49. The number of carbonyl (C=O) groups is 1. The van der Waals surface area contributed by atoms with Crippen molar-refractivity contribution in [2.24, 2.45) is 0 Å². The smallest absolute Gasteiger partial charge is 0.283 e. The lowest BCUT2D eigenvalue weighted by Gasteiger charge is -2.01. The van der Waals surface area contributed by atoms with Gasteiger partial charge in [0.25, 0.3) is 11.5 Å². The molecule has 0 saturated heterocycles. The monoisotopic (exact) mass is 327 g/mol. The summed E-state index contributed by atoms with van der Waals surface area (Å²) in [5.41, 5.74) is 5.20. The number of allylic oxidation sites excluding steroid dienone is 1. The second-order valence-electron chi connectivity index (χ2n) is 4.56. The molecule has 1 aromatic carbocycles. The maximum atomic E-state index is 12.2. The summed E-state index contributed by atoms with van der Waals surface area (Å²) >= 11 is 5.77. The number of H-pyrrole nitrogens is 1. The molecule has 0 unspecified atom stereocenters. The number of nitrogens with one attached hydrogen (secondary N) is 1. The molecule has 0 saturated carbocycles. The lowest BCUT2D eigenvalue weighted by atomic mass is 10.1. The van der Waals surface area contributed by atoms with Crippen molar-refractivity contribution in [1.82, 2.24) is 9.78 Å². The largest absolute Gasteiger partial charge is 0.383 e. The van der Waals surface area contributed by atoms with Crippen LogP contribution in [-0.2, 0) is 6.42 Å². The Balaban J connectivity index is 2.35. The van der Waals surface area contributed by atoms with Crippen LogP contribution in [0.15, 0.2) is 34.6 Å². The van der Waals surface area contributed by atoms with Crippen LogP contribution in [0, 0.1) is 22.7 Å². The third-order valence-electron chi connectivity index (χ3n) is 3.00. The maximum Gasteiger partial charge on any atom is 0.283 e. The van der Waals surface area contributed by atoms with E-state index >= 15 is 0 Å². The number of rotatable bonds is 3. The van der Waals surface area contributed by atoms with E-state index in [9.17, 15) is 9.59 Å². The third-order valence-corrected chi connectivity index (χ3v) is 3.26. The molecule has 1 heterocycles. The van der Waals surface area contributed by atoms with Crippen molar-refractivity contribution in [3.63, 3.8) is 0 Å². The molecule has 0 aliphatic heterocycles. The van der Waals surface area contributed by atoms with Crippen LogP contribution in [0.3, 0.4) is 0 Å². The highest BCUT2D eigenvalue weighted by molar-refractivity contribution is 6.30. The van der Waals surface area contributed by atoms with Crippen LogP contribution in [0.1, 0.15) is 15.9 Å². The van der Waals surface area contributed by atoms with Crippen LogP contribution in [0.25, 0.3) is 6.08 Å². The van der Waals surface area contributed by atoms with Gasteiger partial charge >= 0.3 is 0 Å². The molecular formula is C15H10ClN5O2. The van der Waals surface area contributed by atoms with Gasteiger partial charge in [-0.05, 0) is 23.8 Å². The fourth-order valence-corrected chi connectivity index (χ4v) is 2.00. The van der Waals surface area contributed by atoms with Crippen molar-refractivity contribution in [2.45, 2.75) is 6.42 Å². The SMILES string of the molecule is N#CC(C#N)=Cc1c(N)[nH]n(C(=O)Cc2ccc(Cl)cc2)c1=O. The molecule has 0 aliphatic rings. The van der Waals surface area contributed by atoms with Gasteiger partial charge in [-0.25, -0.2) is 0 Å². The first-order valence-electron chi connectivity index (χ1n) is 6.36. The highest BCUT2D eigenvalue weighted by Gasteiger charge is 2.16. The van der Waals surface area contributed by atoms with E-state index in [0.29, 0.717) is 10.6 Å². The second kappa shape index (κ2) is 6.65. The molecule has 0 amide bonds. The van der Waals surface area contributed by atoms with E-state index in [2.05, 4.69) is 5.10 Å². The number of halogens is 1. The van der Waals surface area contributed by atoms with Crippen molar-refractivity contribution < 1.29 is 4.79 Å². The number of aromatic amines is 1.